The number of hydrogen-bond donors (Lipinski definition) is 2. The molecule has 1 aromatic heterocycles. The van der Waals surface area contributed by atoms with Crippen LogP contribution in [0, 0.1) is 0 Å². The number of aliphatic hydroxyl groups is 1. The molecule has 0 radical (unpaired) electrons. The van der Waals surface area contributed by atoms with E-state index in [1.807, 2.05) is 20.8 Å². The van der Waals surface area contributed by atoms with Crippen molar-refractivity contribution in [1.82, 2.24) is 10.3 Å². The van der Waals surface area contributed by atoms with Gasteiger partial charge in [-0.2, -0.15) is 26.7 Å². The third-order valence-electron chi connectivity index (χ3n) is 3.21. The van der Waals surface area contributed by atoms with Crippen LogP contribution in [0.3, 0.4) is 0 Å². The molecule has 23 heavy (non-hydrogen) atoms. The van der Waals surface area contributed by atoms with Crippen molar-refractivity contribution in [1.29, 1.82) is 0 Å². The highest BCUT2D eigenvalue weighted by Gasteiger charge is 2.30. The van der Waals surface area contributed by atoms with Crippen molar-refractivity contribution < 1.29 is 18.3 Å². The lowest BCUT2D eigenvalue weighted by atomic mass is 10.1. The topological polar surface area (TPSA) is 45.1 Å². The predicted octanol–water partition coefficient (Wildman–Crippen LogP) is 3.79. The minimum atomic E-state index is -4.40. The second kappa shape index (κ2) is 7.07. The number of halogens is 3. The first-order valence-electron chi connectivity index (χ1n) is 6.97. The number of β-amino-alcohol motifs (C(OH)–C–C–N with tert-alkyl or cyclic N) is 1. The van der Waals surface area contributed by atoms with Crippen molar-refractivity contribution in [3.63, 3.8) is 0 Å². The molecule has 0 unspecified atom stereocenters. The number of nitrogens with zero attached hydrogens (tertiary/aromatic N) is 1. The van der Waals surface area contributed by atoms with Crippen LogP contribution in [-0.4, -0.2) is 22.2 Å². The van der Waals surface area contributed by atoms with E-state index in [2.05, 4.69) is 10.3 Å². The monoisotopic (exact) mass is 346 g/mol. The minimum Gasteiger partial charge on any atom is -0.385 e. The number of aliphatic hydroxyl groups excluding tert-OH is 1. The molecule has 0 aliphatic rings. The normalized spacial score (nSPS) is 13.7. The zero-order valence-electron chi connectivity index (χ0n) is 13.2. The van der Waals surface area contributed by atoms with E-state index in [4.69, 9.17) is 0 Å². The summed E-state index contributed by atoms with van der Waals surface area (Å²) in [4.78, 5) is 4.16. The van der Waals surface area contributed by atoms with Crippen LogP contribution in [0.2, 0.25) is 0 Å². The van der Waals surface area contributed by atoms with Gasteiger partial charge < -0.3 is 10.4 Å². The number of fused-ring (bicyclic) bond motifs is 1. The van der Waals surface area contributed by atoms with Gasteiger partial charge in [0.25, 0.3) is 0 Å². The zero-order chi connectivity index (χ0) is 16.5. The van der Waals surface area contributed by atoms with Gasteiger partial charge in [0, 0.05) is 17.5 Å². The van der Waals surface area contributed by atoms with Gasteiger partial charge in [0.2, 0.25) is 0 Å². The fourth-order valence-electron chi connectivity index (χ4n) is 2.00. The summed E-state index contributed by atoms with van der Waals surface area (Å²) in [5.41, 5.74) is -0.334. The Morgan fingerprint density at radius 1 is 1.13 bits per heavy atom. The Morgan fingerprint density at radius 2 is 1.74 bits per heavy atom. The lowest BCUT2D eigenvalue weighted by Gasteiger charge is -2.22. The van der Waals surface area contributed by atoms with Gasteiger partial charge >= 0.3 is 6.18 Å². The van der Waals surface area contributed by atoms with Gasteiger partial charge in [0.15, 0.2) is 0 Å². The molecule has 2 rings (SSSR count). The van der Waals surface area contributed by atoms with Gasteiger partial charge in [-0.1, -0.05) is 12.1 Å². The average molecular weight is 346 g/mol. The lowest BCUT2D eigenvalue weighted by Crippen LogP contribution is -2.38. The summed E-state index contributed by atoms with van der Waals surface area (Å²) in [5, 5.41) is 13.9. The smallest absolute Gasteiger partial charge is 0.385 e. The van der Waals surface area contributed by atoms with Crippen LogP contribution in [0.5, 0.6) is 0 Å². The summed E-state index contributed by atoms with van der Waals surface area (Å²) in [6, 6.07) is 6.71. The van der Waals surface area contributed by atoms with Crippen LogP contribution < -0.4 is 5.32 Å². The summed E-state index contributed by atoms with van der Waals surface area (Å²) >= 11 is 0. The predicted molar refractivity (Wildman–Crippen MR) is 89.8 cm³/mol. The molecule has 0 saturated carbocycles. The number of benzene rings is 1. The number of aromatic nitrogens is 1. The number of alkyl halides is 3. The van der Waals surface area contributed by atoms with Crippen molar-refractivity contribution in [2.45, 2.75) is 38.6 Å². The summed E-state index contributed by atoms with van der Waals surface area (Å²) in [6.07, 6.45) is -5.28. The van der Waals surface area contributed by atoms with E-state index in [0.717, 1.165) is 12.1 Å². The van der Waals surface area contributed by atoms with Gasteiger partial charge in [-0.3, -0.25) is 4.98 Å². The zero-order valence-corrected chi connectivity index (χ0v) is 14.2. The fraction of sp³-hybridized carbons (Fsp3) is 0.438. The van der Waals surface area contributed by atoms with E-state index in [9.17, 15) is 18.3 Å². The van der Waals surface area contributed by atoms with Crippen molar-refractivity contribution in [2.24, 2.45) is 0 Å². The minimum absolute atomic E-state index is 0. The molecule has 128 valence electrons. The second-order valence-corrected chi connectivity index (χ2v) is 6.29. The maximum Gasteiger partial charge on any atom is 0.416 e. The molecule has 0 bridgehead atoms. The molecule has 1 atom stereocenters. The van der Waals surface area contributed by atoms with E-state index >= 15 is 0 Å². The maximum atomic E-state index is 12.7. The van der Waals surface area contributed by atoms with Crippen LogP contribution in [0.1, 0.15) is 38.1 Å². The fourth-order valence-corrected chi connectivity index (χ4v) is 2.00. The van der Waals surface area contributed by atoms with Gasteiger partial charge in [-0.15, -0.1) is 0 Å². The van der Waals surface area contributed by atoms with Crippen LogP contribution in [0.4, 0.5) is 13.2 Å². The third-order valence-corrected chi connectivity index (χ3v) is 3.21. The van der Waals surface area contributed by atoms with Gasteiger partial charge in [-0.25, -0.2) is 0 Å². The molecule has 0 fully saturated rings. The highest BCUT2D eigenvalue weighted by molar-refractivity contribution is 7.59. The van der Waals surface area contributed by atoms with Crippen LogP contribution in [0.25, 0.3) is 10.9 Å². The molecule has 0 aliphatic carbocycles. The number of rotatable bonds is 3. The highest BCUT2D eigenvalue weighted by atomic mass is 32.1. The summed E-state index contributed by atoms with van der Waals surface area (Å²) < 4.78 is 38.2. The van der Waals surface area contributed by atoms with E-state index < -0.39 is 17.8 Å². The maximum absolute atomic E-state index is 12.7. The summed E-state index contributed by atoms with van der Waals surface area (Å²) in [6.45, 7) is 6.16. The average Bonchev–Trinajstić information content (AvgIpc) is 2.41. The van der Waals surface area contributed by atoms with Crippen LogP contribution in [0.15, 0.2) is 30.3 Å². The lowest BCUT2D eigenvalue weighted by molar-refractivity contribution is -0.137. The van der Waals surface area contributed by atoms with E-state index in [-0.39, 0.29) is 31.1 Å². The first kappa shape index (κ1) is 19.7. The molecule has 0 aliphatic heterocycles. The van der Waals surface area contributed by atoms with Crippen molar-refractivity contribution in [3.8, 4) is 0 Å². The Morgan fingerprint density at radius 3 is 2.30 bits per heavy atom. The van der Waals surface area contributed by atoms with E-state index in [0.29, 0.717) is 11.1 Å². The SMILES string of the molecule is CC(C)(C)NC[C@H](O)c1ccc2ccc(C(F)(F)F)cc2n1.S. The van der Waals surface area contributed by atoms with Crippen LogP contribution in [-0.2, 0) is 6.18 Å². The summed E-state index contributed by atoms with van der Waals surface area (Å²) in [7, 11) is 0. The molecule has 1 heterocycles. The largest absolute Gasteiger partial charge is 0.416 e. The quantitative estimate of drug-likeness (QED) is 0.889. The number of hydrogen-bond acceptors (Lipinski definition) is 3. The molecular formula is C16H21F3N2OS. The standard InChI is InChI=1S/C16H19F3N2O.H2S/c1-15(2,3)20-9-14(22)12-7-5-10-4-6-11(16(17,18)19)8-13(10)21-12;/h4-8,14,20,22H,9H2,1-3H3;1H2/t14-;/m0./s1. The van der Waals surface area contributed by atoms with Crippen molar-refractivity contribution in [2.75, 3.05) is 6.54 Å². The molecular weight excluding hydrogens is 325 g/mol. The second-order valence-electron chi connectivity index (χ2n) is 6.29. The molecule has 0 amide bonds. The Bertz CT molecular complexity index is 668. The molecule has 0 saturated heterocycles. The molecule has 3 nitrogen and oxygen atoms in total. The Labute approximate surface area is 140 Å². The van der Waals surface area contributed by atoms with Crippen molar-refractivity contribution >= 4 is 24.4 Å². The molecule has 2 aromatic rings. The van der Waals surface area contributed by atoms with E-state index in [1.165, 1.54) is 6.07 Å². The van der Waals surface area contributed by atoms with Crippen molar-refractivity contribution in [3.05, 3.63) is 41.6 Å². The molecule has 7 heteroatoms. The Kier molecular flexibility index (Phi) is 6.06. The first-order valence-corrected chi connectivity index (χ1v) is 6.97. The number of nitrogens with one attached hydrogen (secondary N) is 1. The Balaban J connectivity index is 0.00000264. The number of pyridine rings is 1. The van der Waals surface area contributed by atoms with E-state index in [1.54, 1.807) is 12.1 Å². The molecule has 0 spiro atoms. The van der Waals surface area contributed by atoms with Gasteiger partial charge in [-0.05, 0) is 39.0 Å². The third kappa shape index (κ3) is 5.37. The van der Waals surface area contributed by atoms with Crippen LogP contribution >= 0.6 is 13.5 Å². The first-order chi connectivity index (χ1) is 10.1. The molecule has 1 aromatic carbocycles. The Hall–Kier alpha value is -1.31. The van der Waals surface area contributed by atoms with Gasteiger partial charge in [0.1, 0.15) is 6.10 Å². The van der Waals surface area contributed by atoms with Gasteiger partial charge in [0.05, 0.1) is 16.8 Å². The summed E-state index contributed by atoms with van der Waals surface area (Å²) in [5.74, 6) is 0. The highest BCUT2D eigenvalue weighted by Crippen LogP contribution is 2.31. The molecule has 2 N–H and O–H groups in total.